The van der Waals surface area contributed by atoms with Gasteiger partial charge in [-0.05, 0) is 43.6 Å². The van der Waals surface area contributed by atoms with Crippen molar-refractivity contribution in [3.05, 3.63) is 60.2 Å². The molecule has 1 fully saturated rings. The van der Waals surface area contributed by atoms with E-state index < -0.39 is 0 Å². The summed E-state index contributed by atoms with van der Waals surface area (Å²) >= 11 is 0. The van der Waals surface area contributed by atoms with Gasteiger partial charge in [0.2, 0.25) is 5.91 Å². The number of methoxy groups -OCH3 is 1. The van der Waals surface area contributed by atoms with Crippen molar-refractivity contribution in [3.8, 4) is 11.5 Å². The Balaban J connectivity index is 1.54. The van der Waals surface area contributed by atoms with Gasteiger partial charge in [-0.25, -0.2) is 0 Å². The fourth-order valence-corrected chi connectivity index (χ4v) is 3.40. The third-order valence-electron chi connectivity index (χ3n) is 4.83. The van der Waals surface area contributed by atoms with E-state index in [1.807, 2.05) is 42.5 Å². The smallest absolute Gasteiger partial charge is 0.223 e. The Labute approximate surface area is 161 Å². The number of nitrogens with zero attached hydrogens (tertiary/aromatic N) is 1. The van der Waals surface area contributed by atoms with Crippen molar-refractivity contribution in [1.29, 1.82) is 0 Å². The van der Waals surface area contributed by atoms with Crippen LogP contribution in [0.4, 0.5) is 0 Å². The van der Waals surface area contributed by atoms with Gasteiger partial charge in [0.1, 0.15) is 0 Å². The quantitative estimate of drug-likeness (QED) is 0.737. The number of hydrogen-bond acceptors (Lipinski definition) is 4. The third kappa shape index (κ3) is 5.73. The molecule has 2 aromatic carbocycles. The summed E-state index contributed by atoms with van der Waals surface area (Å²) in [5.41, 5.74) is 1.14. The van der Waals surface area contributed by atoms with Crippen molar-refractivity contribution < 1.29 is 14.3 Å². The highest BCUT2D eigenvalue weighted by molar-refractivity contribution is 5.76. The van der Waals surface area contributed by atoms with Crippen LogP contribution in [0.3, 0.4) is 0 Å². The number of carbonyl (C=O) groups excluding carboxylic acids is 1. The summed E-state index contributed by atoms with van der Waals surface area (Å²) < 4.78 is 11.0. The Hall–Kier alpha value is -2.53. The minimum Gasteiger partial charge on any atom is -0.493 e. The van der Waals surface area contributed by atoms with Crippen molar-refractivity contribution in [1.82, 2.24) is 10.2 Å². The van der Waals surface area contributed by atoms with E-state index in [-0.39, 0.29) is 11.9 Å². The van der Waals surface area contributed by atoms with E-state index in [1.54, 1.807) is 7.11 Å². The van der Waals surface area contributed by atoms with Gasteiger partial charge in [0, 0.05) is 6.54 Å². The molecule has 2 aromatic rings. The Bertz CT molecular complexity index is 715. The van der Waals surface area contributed by atoms with Crippen LogP contribution in [0.15, 0.2) is 54.6 Å². The number of para-hydroxylation sites is 2. The van der Waals surface area contributed by atoms with E-state index in [2.05, 4.69) is 22.3 Å². The summed E-state index contributed by atoms with van der Waals surface area (Å²) in [6.45, 7) is 3.38. The fourth-order valence-electron chi connectivity index (χ4n) is 3.40. The number of carbonyl (C=O) groups is 1. The third-order valence-corrected chi connectivity index (χ3v) is 4.83. The molecule has 0 spiro atoms. The molecular weight excluding hydrogens is 340 g/mol. The van der Waals surface area contributed by atoms with E-state index in [0.717, 1.165) is 25.2 Å². The minimum atomic E-state index is -0.00190. The lowest BCUT2D eigenvalue weighted by molar-refractivity contribution is -0.122. The Morgan fingerprint density at radius 2 is 1.70 bits per heavy atom. The normalized spacial score (nSPS) is 15.3. The first-order valence-corrected chi connectivity index (χ1v) is 9.59. The van der Waals surface area contributed by atoms with Crippen LogP contribution in [-0.4, -0.2) is 44.2 Å². The van der Waals surface area contributed by atoms with Crippen LogP contribution in [-0.2, 0) is 4.79 Å². The van der Waals surface area contributed by atoms with E-state index in [1.165, 1.54) is 12.8 Å². The molecule has 1 N–H and O–H groups in total. The number of nitrogens with one attached hydrogen (secondary N) is 1. The topological polar surface area (TPSA) is 50.8 Å². The number of benzene rings is 2. The summed E-state index contributed by atoms with van der Waals surface area (Å²) in [6, 6.07) is 17.7. The molecule has 5 nitrogen and oxygen atoms in total. The maximum absolute atomic E-state index is 12.5. The standard InChI is InChI=1S/C22H28N2O3/c1-26-20-11-5-6-12-21(20)27-16-13-22(25)23-19(17-24-14-7-8-15-24)18-9-3-2-4-10-18/h2-6,9-12,19H,7-8,13-17H2,1H3,(H,23,25). The number of amides is 1. The van der Waals surface area contributed by atoms with Gasteiger partial charge in [-0.1, -0.05) is 42.5 Å². The Morgan fingerprint density at radius 3 is 2.41 bits per heavy atom. The van der Waals surface area contributed by atoms with Crippen molar-refractivity contribution in [2.45, 2.75) is 25.3 Å². The second-order valence-corrected chi connectivity index (χ2v) is 6.79. The van der Waals surface area contributed by atoms with Gasteiger partial charge in [-0.2, -0.15) is 0 Å². The van der Waals surface area contributed by atoms with Gasteiger partial charge in [-0.15, -0.1) is 0 Å². The highest BCUT2D eigenvalue weighted by Crippen LogP contribution is 2.25. The summed E-state index contributed by atoms with van der Waals surface area (Å²) in [4.78, 5) is 14.9. The van der Waals surface area contributed by atoms with Gasteiger partial charge in [0.25, 0.3) is 0 Å². The average Bonchev–Trinajstić information content (AvgIpc) is 3.22. The predicted molar refractivity (Wildman–Crippen MR) is 106 cm³/mol. The molecule has 0 aliphatic carbocycles. The lowest BCUT2D eigenvalue weighted by Gasteiger charge is -2.25. The highest BCUT2D eigenvalue weighted by Gasteiger charge is 2.20. The van der Waals surface area contributed by atoms with Crippen LogP contribution in [0.25, 0.3) is 0 Å². The zero-order valence-corrected chi connectivity index (χ0v) is 15.9. The maximum Gasteiger partial charge on any atom is 0.223 e. The first-order valence-electron chi connectivity index (χ1n) is 9.59. The molecule has 1 aliphatic heterocycles. The van der Waals surface area contributed by atoms with Crippen LogP contribution in [0.2, 0.25) is 0 Å². The zero-order chi connectivity index (χ0) is 18.9. The summed E-state index contributed by atoms with van der Waals surface area (Å²) in [7, 11) is 1.61. The molecule has 0 aromatic heterocycles. The lowest BCUT2D eigenvalue weighted by atomic mass is 10.1. The predicted octanol–water partition coefficient (Wildman–Crippen LogP) is 3.42. The molecule has 1 atom stereocenters. The largest absolute Gasteiger partial charge is 0.493 e. The van der Waals surface area contributed by atoms with Crippen molar-refractivity contribution >= 4 is 5.91 Å². The average molecular weight is 368 g/mol. The highest BCUT2D eigenvalue weighted by atomic mass is 16.5. The van der Waals surface area contributed by atoms with Crippen molar-refractivity contribution in [2.24, 2.45) is 0 Å². The summed E-state index contributed by atoms with van der Waals surface area (Å²) in [6.07, 6.45) is 2.78. The van der Waals surface area contributed by atoms with E-state index in [9.17, 15) is 4.79 Å². The van der Waals surface area contributed by atoms with E-state index >= 15 is 0 Å². The molecule has 27 heavy (non-hydrogen) atoms. The Kier molecular flexibility index (Phi) is 7.11. The van der Waals surface area contributed by atoms with Gasteiger partial charge in [0.05, 0.1) is 26.2 Å². The SMILES string of the molecule is COc1ccccc1OCCC(=O)NC(CN1CCCC1)c1ccccc1. The molecular formula is C22H28N2O3. The van der Waals surface area contributed by atoms with E-state index in [0.29, 0.717) is 24.5 Å². The molecule has 1 unspecified atom stereocenters. The van der Waals surface area contributed by atoms with Crippen molar-refractivity contribution in [3.63, 3.8) is 0 Å². The van der Waals surface area contributed by atoms with Gasteiger partial charge in [0.15, 0.2) is 11.5 Å². The molecule has 1 saturated heterocycles. The molecule has 5 heteroatoms. The zero-order valence-electron chi connectivity index (χ0n) is 15.9. The first-order chi connectivity index (χ1) is 13.3. The second-order valence-electron chi connectivity index (χ2n) is 6.79. The van der Waals surface area contributed by atoms with Gasteiger partial charge < -0.3 is 19.7 Å². The molecule has 3 rings (SSSR count). The summed E-state index contributed by atoms with van der Waals surface area (Å²) in [5.74, 6) is 1.33. The Morgan fingerprint density at radius 1 is 1.04 bits per heavy atom. The molecule has 0 saturated carbocycles. The van der Waals surface area contributed by atoms with Gasteiger partial charge >= 0.3 is 0 Å². The monoisotopic (exact) mass is 368 g/mol. The number of likely N-dealkylation sites (tertiary alicyclic amines) is 1. The molecule has 1 heterocycles. The van der Waals surface area contributed by atoms with Crippen LogP contribution >= 0.6 is 0 Å². The molecule has 1 aliphatic rings. The second kappa shape index (κ2) is 9.97. The number of rotatable bonds is 9. The van der Waals surface area contributed by atoms with Crippen LogP contribution in [0.5, 0.6) is 11.5 Å². The molecule has 144 valence electrons. The first kappa shape index (κ1) is 19.2. The molecule has 0 bridgehead atoms. The number of ether oxygens (including phenoxy) is 2. The van der Waals surface area contributed by atoms with Crippen LogP contribution in [0.1, 0.15) is 30.9 Å². The van der Waals surface area contributed by atoms with Crippen molar-refractivity contribution in [2.75, 3.05) is 33.4 Å². The van der Waals surface area contributed by atoms with Gasteiger partial charge in [-0.3, -0.25) is 4.79 Å². The van der Waals surface area contributed by atoms with Crippen LogP contribution in [0, 0.1) is 0 Å². The fraction of sp³-hybridized carbons (Fsp3) is 0.409. The van der Waals surface area contributed by atoms with E-state index in [4.69, 9.17) is 9.47 Å². The van der Waals surface area contributed by atoms with Crippen LogP contribution < -0.4 is 14.8 Å². The molecule has 1 amide bonds. The molecule has 0 radical (unpaired) electrons. The summed E-state index contributed by atoms with van der Waals surface area (Å²) in [5, 5.41) is 3.18. The number of hydrogen-bond donors (Lipinski definition) is 1. The lowest BCUT2D eigenvalue weighted by Crippen LogP contribution is -2.37. The minimum absolute atomic E-state index is 0.00190. The maximum atomic E-state index is 12.5.